The van der Waals surface area contributed by atoms with E-state index in [1.807, 2.05) is 17.2 Å². The maximum absolute atomic E-state index is 13.0. The van der Waals surface area contributed by atoms with E-state index in [9.17, 15) is 9.90 Å². The largest absolute Gasteiger partial charge is 0.390 e. The first kappa shape index (κ1) is 22.8. The molecule has 0 spiro atoms. The first-order valence-corrected chi connectivity index (χ1v) is 13.0. The lowest BCUT2D eigenvalue weighted by molar-refractivity contribution is 0.0305. The van der Waals surface area contributed by atoms with Gasteiger partial charge in [-0.1, -0.05) is 24.3 Å². The number of hydrogen-bond acceptors (Lipinski definition) is 6. The molecule has 6 rings (SSSR count). The molecule has 1 N–H and O–H groups in total. The average Bonchev–Trinajstić information content (AvgIpc) is 3.39. The molecule has 0 aliphatic carbocycles. The molecule has 2 amide bonds. The molecule has 4 aliphatic heterocycles. The Morgan fingerprint density at radius 2 is 1.74 bits per heavy atom. The molecule has 2 aromatic rings. The van der Waals surface area contributed by atoms with Crippen LogP contribution in [0.1, 0.15) is 29.7 Å². The molecule has 8 nitrogen and oxygen atoms in total. The van der Waals surface area contributed by atoms with E-state index in [-0.39, 0.29) is 6.03 Å². The predicted octanol–water partition coefficient (Wildman–Crippen LogP) is 2.11. The zero-order valence-corrected chi connectivity index (χ0v) is 20.3. The second kappa shape index (κ2) is 9.76. The number of amides is 2. The fourth-order valence-electron chi connectivity index (χ4n) is 5.99. The number of nitrogens with zero attached hydrogens (tertiary/aromatic N) is 5. The number of carbonyl (C=O) groups excluding carboxylic acids is 1. The fraction of sp³-hybridized carbons (Fsp3) is 0.556. The van der Waals surface area contributed by atoms with Crippen LogP contribution in [0, 0.1) is 0 Å². The second-order valence-electron chi connectivity index (χ2n) is 10.4. The highest BCUT2D eigenvalue weighted by molar-refractivity contribution is 5.76. The smallest absolute Gasteiger partial charge is 0.320 e. The molecule has 186 valence electrons. The van der Waals surface area contributed by atoms with E-state index in [0.29, 0.717) is 44.9 Å². The average molecular weight is 478 g/mol. The number of ether oxygens (including phenoxy) is 1. The van der Waals surface area contributed by atoms with E-state index >= 15 is 0 Å². The van der Waals surface area contributed by atoms with Crippen LogP contribution in [0.2, 0.25) is 0 Å². The van der Waals surface area contributed by atoms with E-state index in [2.05, 4.69) is 45.1 Å². The van der Waals surface area contributed by atoms with Crippen LogP contribution >= 0.6 is 0 Å². The first-order valence-electron chi connectivity index (χ1n) is 13.0. The van der Waals surface area contributed by atoms with Gasteiger partial charge in [0.15, 0.2) is 0 Å². The number of urea groups is 1. The molecule has 8 heteroatoms. The molecule has 3 atom stereocenters. The molecule has 1 aromatic carbocycles. The summed E-state index contributed by atoms with van der Waals surface area (Å²) in [5, 5.41) is 10.7. The number of aliphatic hydroxyl groups is 1. The number of carbonyl (C=O) groups is 1. The van der Waals surface area contributed by atoms with Crippen molar-refractivity contribution in [3.05, 3.63) is 59.4 Å². The number of hydrogen-bond donors (Lipinski definition) is 1. The summed E-state index contributed by atoms with van der Waals surface area (Å²) in [5.41, 5.74) is 4.77. The molecule has 4 aliphatic rings. The van der Waals surface area contributed by atoms with Crippen LogP contribution in [-0.2, 0) is 24.2 Å². The van der Waals surface area contributed by atoms with E-state index < -0.39 is 6.10 Å². The normalized spacial score (nSPS) is 25.3. The van der Waals surface area contributed by atoms with Crippen molar-refractivity contribution in [3.8, 4) is 0 Å². The fourth-order valence-corrected chi connectivity index (χ4v) is 5.99. The quantitative estimate of drug-likeness (QED) is 0.659. The number of morpholine rings is 1. The molecule has 3 saturated heterocycles. The van der Waals surface area contributed by atoms with Crippen molar-refractivity contribution in [3.63, 3.8) is 0 Å². The Balaban J connectivity index is 0.987. The van der Waals surface area contributed by atoms with Crippen LogP contribution in [0.25, 0.3) is 0 Å². The number of fused-ring (bicyclic) bond motifs is 3. The SMILES string of the molecule is O=C1N(Cc2ccc(N3CC4CCC(C3)O4)cn2)CCN1C[C@H](O)CN1CCc2ccccc2C1. The van der Waals surface area contributed by atoms with E-state index in [1.54, 1.807) is 4.90 Å². The van der Waals surface area contributed by atoms with Crippen molar-refractivity contribution >= 4 is 11.7 Å². The Hall–Kier alpha value is -2.68. The minimum Gasteiger partial charge on any atom is -0.390 e. The van der Waals surface area contributed by atoms with Gasteiger partial charge in [0.2, 0.25) is 0 Å². The van der Waals surface area contributed by atoms with Gasteiger partial charge in [0, 0.05) is 52.4 Å². The van der Waals surface area contributed by atoms with Crippen molar-refractivity contribution < 1.29 is 14.6 Å². The van der Waals surface area contributed by atoms with Gasteiger partial charge in [-0.15, -0.1) is 0 Å². The van der Waals surface area contributed by atoms with Gasteiger partial charge < -0.3 is 24.5 Å². The summed E-state index contributed by atoms with van der Waals surface area (Å²) in [7, 11) is 0. The first-order chi connectivity index (χ1) is 17.1. The number of benzene rings is 1. The van der Waals surface area contributed by atoms with Gasteiger partial charge in [0.1, 0.15) is 0 Å². The Bertz CT molecular complexity index is 1040. The molecule has 0 saturated carbocycles. The van der Waals surface area contributed by atoms with Crippen molar-refractivity contribution in [1.29, 1.82) is 0 Å². The van der Waals surface area contributed by atoms with E-state index in [1.165, 1.54) is 11.1 Å². The summed E-state index contributed by atoms with van der Waals surface area (Å²) < 4.78 is 5.94. The minimum atomic E-state index is -0.551. The molecule has 3 fully saturated rings. The molecular weight excluding hydrogens is 442 g/mol. The lowest BCUT2D eigenvalue weighted by atomic mass is 10.00. The maximum atomic E-state index is 13.0. The molecule has 1 aromatic heterocycles. The van der Waals surface area contributed by atoms with Gasteiger partial charge >= 0.3 is 6.03 Å². The Labute approximate surface area is 207 Å². The van der Waals surface area contributed by atoms with Crippen LogP contribution in [0.3, 0.4) is 0 Å². The van der Waals surface area contributed by atoms with Crippen LogP contribution < -0.4 is 4.90 Å². The van der Waals surface area contributed by atoms with Gasteiger partial charge in [-0.3, -0.25) is 9.88 Å². The molecular formula is C27H35N5O3. The van der Waals surface area contributed by atoms with Gasteiger partial charge in [-0.2, -0.15) is 0 Å². The van der Waals surface area contributed by atoms with E-state index in [4.69, 9.17) is 4.74 Å². The Morgan fingerprint density at radius 3 is 2.51 bits per heavy atom. The van der Waals surface area contributed by atoms with Crippen LogP contribution in [0.5, 0.6) is 0 Å². The summed E-state index contributed by atoms with van der Waals surface area (Å²) in [5.74, 6) is 0. The molecule has 35 heavy (non-hydrogen) atoms. The number of aliphatic hydroxyl groups excluding tert-OH is 1. The third-order valence-corrected chi connectivity index (χ3v) is 7.86. The molecule has 2 unspecified atom stereocenters. The van der Waals surface area contributed by atoms with Gasteiger partial charge in [0.25, 0.3) is 0 Å². The van der Waals surface area contributed by atoms with Crippen molar-refractivity contribution in [1.82, 2.24) is 19.7 Å². The third-order valence-electron chi connectivity index (χ3n) is 7.86. The standard InChI is InChI=1S/C27H35N5O3/c33-24(16-29-10-9-20-3-1-2-4-21(20)14-29)17-31-12-11-30(27(31)34)15-22-5-6-23(13-28-22)32-18-25-7-8-26(19-32)35-25/h1-6,13,24-26,33H,7-12,14-19H2/t24-,25?,26?/m1/s1. The van der Waals surface area contributed by atoms with Gasteiger partial charge in [0.05, 0.1) is 42.4 Å². The lowest BCUT2D eigenvalue weighted by Gasteiger charge is -2.33. The van der Waals surface area contributed by atoms with E-state index in [0.717, 1.165) is 56.8 Å². The van der Waals surface area contributed by atoms with Gasteiger partial charge in [-0.05, 0) is 42.5 Å². The Kier molecular flexibility index (Phi) is 6.35. The summed E-state index contributed by atoms with van der Waals surface area (Å²) in [6.07, 6.45) is 5.40. The van der Waals surface area contributed by atoms with Crippen LogP contribution in [-0.4, -0.2) is 94.9 Å². The lowest BCUT2D eigenvalue weighted by Crippen LogP contribution is -2.43. The van der Waals surface area contributed by atoms with Crippen molar-refractivity contribution in [2.75, 3.05) is 50.7 Å². The number of rotatable bonds is 7. The number of aromatic nitrogens is 1. The highest BCUT2D eigenvalue weighted by atomic mass is 16.5. The van der Waals surface area contributed by atoms with Crippen molar-refractivity contribution in [2.45, 2.75) is 50.7 Å². The second-order valence-corrected chi connectivity index (χ2v) is 10.4. The number of β-amino-alcohol motifs (C(OH)–C–C–N with tert-alkyl or cyclic N) is 1. The zero-order chi connectivity index (χ0) is 23.8. The highest BCUT2D eigenvalue weighted by Gasteiger charge is 2.34. The monoisotopic (exact) mass is 477 g/mol. The third kappa shape index (κ3) is 5.01. The van der Waals surface area contributed by atoms with Gasteiger partial charge in [-0.25, -0.2) is 4.79 Å². The topological polar surface area (TPSA) is 72.4 Å². The van der Waals surface area contributed by atoms with Crippen molar-refractivity contribution in [2.24, 2.45) is 0 Å². The summed E-state index contributed by atoms with van der Waals surface area (Å²) >= 11 is 0. The Morgan fingerprint density at radius 1 is 0.971 bits per heavy atom. The van der Waals surface area contributed by atoms with Crippen LogP contribution in [0.4, 0.5) is 10.5 Å². The summed E-state index contributed by atoms with van der Waals surface area (Å²) in [6, 6.07) is 12.7. The highest BCUT2D eigenvalue weighted by Crippen LogP contribution is 2.29. The summed E-state index contributed by atoms with van der Waals surface area (Å²) in [6.45, 7) is 6.45. The molecule has 5 heterocycles. The molecule has 0 radical (unpaired) electrons. The summed E-state index contributed by atoms with van der Waals surface area (Å²) in [4.78, 5) is 25.9. The van der Waals surface area contributed by atoms with Crippen LogP contribution in [0.15, 0.2) is 42.6 Å². The number of pyridine rings is 1. The molecule has 2 bridgehead atoms. The predicted molar refractivity (Wildman–Crippen MR) is 133 cm³/mol. The number of anilines is 1. The zero-order valence-electron chi connectivity index (χ0n) is 20.3. The minimum absolute atomic E-state index is 0.0105. The maximum Gasteiger partial charge on any atom is 0.320 e.